The van der Waals surface area contributed by atoms with Crippen LogP contribution in [0.5, 0.6) is 0 Å². The number of aromatic nitrogens is 2. The molecule has 96 valence electrons. The van der Waals surface area contributed by atoms with E-state index in [0.717, 1.165) is 5.69 Å². The fourth-order valence-electron chi connectivity index (χ4n) is 1.37. The van der Waals surface area contributed by atoms with Crippen molar-refractivity contribution >= 4 is 15.7 Å². The molecular formula is C10H18N4O2S. The van der Waals surface area contributed by atoms with Gasteiger partial charge in [-0.2, -0.15) is 0 Å². The maximum Gasteiger partial charge on any atom is 0.148 e. The molecule has 0 spiro atoms. The van der Waals surface area contributed by atoms with E-state index in [0.29, 0.717) is 24.7 Å². The number of anilines is 1. The molecule has 7 heteroatoms. The summed E-state index contributed by atoms with van der Waals surface area (Å²) < 4.78 is 22.0. The molecule has 0 fully saturated rings. The average Bonchev–Trinajstić information content (AvgIpc) is 2.11. The zero-order valence-corrected chi connectivity index (χ0v) is 11.2. The SMILES string of the molecule is Cc1cc(N)nc(CN(C)CCS(C)(=O)=O)n1. The predicted octanol–water partition coefficient (Wildman–Crippen LogP) is -0.156. The van der Waals surface area contributed by atoms with Crippen molar-refractivity contribution in [2.24, 2.45) is 0 Å². The highest BCUT2D eigenvalue weighted by molar-refractivity contribution is 7.90. The fourth-order valence-corrected chi connectivity index (χ4v) is 2.01. The van der Waals surface area contributed by atoms with Crippen molar-refractivity contribution in [3.8, 4) is 0 Å². The van der Waals surface area contributed by atoms with E-state index in [2.05, 4.69) is 9.97 Å². The number of aryl methyl sites for hydroxylation is 1. The summed E-state index contributed by atoms with van der Waals surface area (Å²) >= 11 is 0. The van der Waals surface area contributed by atoms with Crippen molar-refractivity contribution in [3.05, 3.63) is 17.6 Å². The van der Waals surface area contributed by atoms with Gasteiger partial charge >= 0.3 is 0 Å². The first kappa shape index (κ1) is 13.9. The van der Waals surface area contributed by atoms with Crippen molar-refractivity contribution in [1.29, 1.82) is 0 Å². The van der Waals surface area contributed by atoms with Gasteiger partial charge in [0.15, 0.2) is 0 Å². The van der Waals surface area contributed by atoms with Crippen LogP contribution in [-0.2, 0) is 16.4 Å². The van der Waals surface area contributed by atoms with Crippen molar-refractivity contribution in [3.63, 3.8) is 0 Å². The van der Waals surface area contributed by atoms with Crippen LogP contribution in [0.4, 0.5) is 5.82 Å². The van der Waals surface area contributed by atoms with Crippen LogP contribution in [0.25, 0.3) is 0 Å². The van der Waals surface area contributed by atoms with E-state index < -0.39 is 9.84 Å². The zero-order chi connectivity index (χ0) is 13.1. The lowest BCUT2D eigenvalue weighted by atomic mass is 10.4. The van der Waals surface area contributed by atoms with E-state index in [1.807, 2.05) is 18.9 Å². The van der Waals surface area contributed by atoms with Crippen molar-refractivity contribution in [1.82, 2.24) is 14.9 Å². The van der Waals surface area contributed by atoms with Gasteiger partial charge in [0.25, 0.3) is 0 Å². The van der Waals surface area contributed by atoms with Gasteiger partial charge in [-0.15, -0.1) is 0 Å². The minimum Gasteiger partial charge on any atom is -0.384 e. The van der Waals surface area contributed by atoms with Crippen molar-refractivity contribution in [2.75, 3.05) is 31.3 Å². The van der Waals surface area contributed by atoms with Crippen molar-refractivity contribution in [2.45, 2.75) is 13.5 Å². The van der Waals surface area contributed by atoms with Crippen LogP contribution >= 0.6 is 0 Å². The Hall–Kier alpha value is -1.21. The molecule has 0 aliphatic carbocycles. The Morgan fingerprint density at radius 3 is 2.59 bits per heavy atom. The van der Waals surface area contributed by atoms with Gasteiger partial charge in [0, 0.05) is 24.6 Å². The minimum absolute atomic E-state index is 0.130. The largest absolute Gasteiger partial charge is 0.384 e. The third-order valence-corrected chi connectivity index (χ3v) is 3.10. The summed E-state index contributed by atoms with van der Waals surface area (Å²) in [6, 6.07) is 1.69. The molecule has 2 N–H and O–H groups in total. The number of hydrogen-bond acceptors (Lipinski definition) is 6. The van der Waals surface area contributed by atoms with Gasteiger partial charge in [-0.05, 0) is 14.0 Å². The Morgan fingerprint density at radius 1 is 1.41 bits per heavy atom. The van der Waals surface area contributed by atoms with E-state index in [-0.39, 0.29) is 5.75 Å². The molecule has 1 aromatic heterocycles. The van der Waals surface area contributed by atoms with Crippen LogP contribution in [-0.4, -0.2) is 48.9 Å². The Kier molecular flexibility index (Phi) is 4.41. The van der Waals surface area contributed by atoms with Gasteiger partial charge in [0.05, 0.1) is 12.3 Å². The van der Waals surface area contributed by atoms with Gasteiger partial charge in [-0.25, -0.2) is 18.4 Å². The molecule has 17 heavy (non-hydrogen) atoms. The number of rotatable bonds is 5. The third-order valence-electron chi connectivity index (χ3n) is 2.18. The van der Waals surface area contributed by atoms with Gasteiger partial charge in [0.1, 0.15) is 21.5 Å². The second kappa shape index (κ2) is 5.42. The summed E-state index contributed by atoms with van der Waals surface area (Å²) in [6.45, 7) is 2.79. The Labute approximate surface area is 102 Å². The van der Waals surface area contributed by atoms with E-state index in [4.69, 9.17) is 5.73 Å². The Bertz CT molecular complexity index is 467. The van der Waals surface area contributed by atoms with E-state index in [9.17, 15) is 8.42 Å². The normalized spacial score (nSPS) is 12.0. The second-order valence-corrected chi connectivity index (χ2v) is 6.48. The molecule has 0 saturated carbocycles. The second-order valence-electron chi connectivity index (χ2n) is 4.22. The van der Waals surface area contributed by atoms with Crippen LogP contribution in [0.2, 0.25) is 0 Å². The van der Waals surface area contributed by atoms with E-state index >= 15 is 0 Å². The number of nitrogens with two attached hydrogens (primary N) is 1. The lowest BCUT2D eigenvalue weighted by Crippen LogP contribution is -2.26. The molecule has 0 atom stereocenters. The highest BCUT2D eigenvalue weighted by atomic mass is 32.2. The third kappa shape index (κ3) is 5.60. The molecule has 6 nitrogen and oxygen atoms in total. The van der Waals surface area contributed by atoms with Crippen molar-refractivity contribution < 1.29 is 8.42 Å². The number of hydrogen-bond donors (Lipinski definition) is 1. The zero-order valence-electron chi connectivity index (χ0n) is 10.3. The van der Waals surface area contributed by atoms with Gasteiger partial charge in [0.2, 0.25) is 0 Å². The Morgan fingerprint density at radius 2 is 2.06 bits per heavy atom. The van der Waals surface area contributed by atoms with Crippen LogP contribution < -0.4 is 5.73 Å². The van der Waals surface area contributed by atoms with Crippen LogP contribution in [0.15, 0.2) is 6.07 Å². The molecule has 1 rings (SSSR count). The molecule has 1 heterocycles. The van der Waals surface area contributed by atoms with Gasteiger partial charge in [-0.1, -0.05) is 0 Å². The van der Waals surface area contributed by atoms with Crippen LogP contribution in [0.3, 0.4) is 0 Å². The molecule has 0 aromatic carbocycles. The Balaban J connectivity index is 2.59. The summed E-state index contributed by atoms with van der Waals surface area (Å²) in [7, 11) is -1.11. The highest BCUT2D eigenvalue weighted by Gasteiger charge is 2.08. The summed E-state index contributed by atoms with van der Waals surface area (Å²) in [5.74, 6) is 1.17. The minimum atomic E-state index is -2.93. The molecule has 0 aliphatic heterocycles. The number of nitrogen functional groups attached to an aromatic ring is 1. The monoisotopic (exact) mass is 258 g/mol. The fraction of sp³-hybridized carbons (Fsp3) is 0.600. The topological polar surface area (TPSA) is 89.2 Å². The molecule has 1 aromatic rings. The lowest BCUT2D eigenvalue weighted by Gasteiger charge is -2.15. The summed E-state index contributed by atoms with van der Waals surface area (Å²) in [5, 5.41) is 0. The summed E-state index contributed by atoms with van der Waals surface area (Å²) in [6.07, 6.45) is 1.22. The van der Waals surface area contributed by atoms with Gasteiger partial charge in [-0.3, -0.25) is 4.90 Å². The molecule has 0 unspecified atom stereocenters. The smallest absolute Gasteiger partial charge is 0.148 e. The van der Waals surface area contributed by atoms with E-state index in [1.54, 1.807) is 6.07 Å². The first-order chi connectivity index (χ1) is 7.76. The molecular weight excluding hydrogens is 240 g/mol. The molecule has 0 radical (unpaired) electrons. The summed E-state index contributed by atoms with van der Waals surface area (Å²) in [4.78, 5) is 10.2. The average molecular weight is 258 g/mol. The molecule has 0 aliphatic rings. The molecule has 0 amide bonds. The standard InChI is InChI=1S/C10H18N4O2S/c1-8-6-9(11)13-10(12-8)7-14(2)4-5-17(3,15)16/h6H,4-5,7H2,1-3H3,(H2,11,12,13). The van der Waals surface area contributed by atoms with Crippen LogP contribution in [0.1, 0.15) is 11.5 Å². The number of nitrogens with zero attached hydrogens (tertiary/aromatic N) is 3. The number of sulfone groups is 1. The van der Waals surface area contributed by atoms with E-state index in [1.165, 1.54) is 6.26 Å². The maximum absolute atomic E-state index is 11.0. The van der Waals surface area contributed by atoms with Crippen LogP contribution in [0, 0.1) is 6.92 Å². The molecule has 0 saturated heterocycles. The first-order valence-corrected chi connectivity index (χ1v) is 7.28. The maximum atomic E-state index is 11.0. The summed E-state index contributed by atoms with van der Waals surface area (Å²) in [5.41, 5.74) is 6.42. The predicted molar refractivity (Wildman–Crippen MR) is 67.2 cm³/mol. The molecule has 0 bridgehead atoms. The highest BCUT2D eigenvalue weighted by Crippen LogP contribution is 2.04. The first-order valence-electron chi connectivity index (χ1n) is 5.22. The van der Waals surface area contributed by atoms with Gasteiger partial charge < -0.3 is 5.73 Å². The lowest BCUT2D eigenvalue weighted by molar-refractivity contribution is 0.337. The quantitative estimate of drug-likeness (QED) is 0.789.